The van der Waals surface area contributed by atoms with Crippen LogP contribution < -0.4 is 21.5 Å². The fourth-order valence-electron chi connectivity index (χ4n) is 1.34. The average molecular weight is 263 g/mol. The van der Waals surface area contributed by atoms with E-state index in [4.69, 9.17) is 5.84 Å². The topological polar surface area (TPSA) is 95.3 Å². The highest BCUT2D eigenvalue weighted by Crippen LogP contribution is 2.05. The highest BCUT2D eigenvalue weighted by Gasteiger charge is 1.99. The molecule has 0 atom stereocenters. The Morgan fingerprint density at radius 3 is 2.78 bits per heavy atom. The molecule has 0 fully saturated rings. The summed E-state index contributed by atoms with van der Waals surface area (Å²) >= 11 is 1.12. The molecule has 1 heterocycles. The van der Waals surface area contributed by atoms with Crippen molar-refractivity contribution in [3.05, 3.63) is 51.1 Å². The summed E-state index contributed by atoms with van der Waals surface area (Å²) in [6.07, 6.45) is 0. The number of aromatic amines is 1. The summed E-state index contributed by atoms with van der Waals surface area (Å²) in [7, 11) is 0. The monoisotopic (exact) mass is 263 g/mol. The molecule has 18 heavy (non-hydrogen) atoms. The van der Waals surface area contributed by atoms with Gasteiger partial charge in [0.25, 0.3) is 0 Å². The van der Waals surface area contributed by atoms with Gasteiger partial charge in [-0.25, -0.2) is 10.8 Å². The number of nitrogens with two attached hydrogens (primary N) is 1. The van der Waals surface area contributed by atoms with Crippen LogP contribution >= 0.6 is 11.3 Å². The van der Waals surface area contributed by atoms with Crippen LogP contribution in [-0.2, 0) is 6.54 Å². The summed E-state index contributed by atoms with van der Waals surface area (Å²) in [5.41, 5.74) is 4.12. The molecule has 7 heteroatoms. The van der Waals surface area contributed by atoms with Gasteiger partial charge >= 0.3 is 4.87 Å². The molecule has 94 valence electrons. The van der Waals surface area contributed by atoms with Gasteiger partial charge < -0.3 is 10.3 Å². The minimum absolute atomic E-state index is 0.0847. The van der Waals surface area contributed by atoms with E-state index in [9.17, 15) is 4.79 Å². The summed E-state index contributed by atoms with van der Waals surface area (Å²) in [5.74, 6) is 5.82. The lowest BCUT2D eigenvalue weighted by Gasteiger charge is -2.08. The lowest BCUT2D eigenvalue weighted by Crippen LogP contribution is -2.36. The van der Waals surface area contributed by atoms with Gasteiger partial charge in [-0.15, -0.1) is 0 Å². The quantitative estimate of drug-likeness (QED) is 0.286. The second-order valence-corrected chi connectivity index (χ2v) is 4.32. The van der Waals surface area contributed by atoms with Crippen molar-refractivity contribution in [2.24, 2.45) is 10.8 Å². The third kappa shape index (κ3) is 3.44. The highest BCUT2D eigenvalue weighted by molar-refractivity contribution is 7.07. The second kappa shape index (κ2) is 5.99. The number of aromatic nitrogens is 1. The Kier molecular flexibility index (Phi) is 4.11. The maximum absolute atomic E-state index is 11.0. The SMILES string of the molecule is NNC(=NCc1csc(=O)[nH]1)Nc1ccccc1. The van der Waals surface area contributed by atoms with Crippen LogP contribution in [0.5, 0.6) is 0 Å². The molecule has 0 aliphatic carbocycles. The van der Waals surface area contributed by atoms with Crippen LogP contribution in [-0.4, -0.2) is 10.9 Å². The Labute approximate surface area is 108 Å². The van der Waals surface area contributed by atoms with Gasteiger partial charge in [0.05, 0.1) is 12.2 Å². The maximum atomic E-state index is 11.0. The first-order valence-corrected chi connectivity index (χ1v) is 6.16. The van der Waals surface area contributed by atoms with E-state index in [-0.39, 0.29) is 4.87 Å². The van der Waals surface area contributed by atoms with Gasteiger partial charge in [0.15, 0.2) is 0 Å². The van der Waals surface area contributed by atoms with Gasteiger partial charge in [0.1, 0.15) is 0 Å². The normalized spacial score (nSPS) is 11.3. The van der Waals surface area contributed by atoms with E-state index >= 15 is 0 Å². The van der Waals surface area contributed by atoms with Crippen LogP contribution in [0, 0.1) is 0 Å². The number of para-hydroxylation sites is 1. The largest absolute Gasteiger partial charge is 0.325 e. The van der Waals surface area contributed by atoms with Crippen molar-refractivity contribution in [1.29, 1.82) is 0 Å². The van der Waals surface area contributed by atoms with E-state index in [0.29, 0.717) is 12.5 Å². The molecule has 0 radical (unpaired) electrons. The third-order valence-corrected chi connectivity index (χ3v) is 2.87. The van der Waals surface area contributed by atoms with Crippen LogP contribution in [0.2, 0.25) is 0 Å². The Morgan fingerprint density at radius 1 is 1.39 bits per heavy atom. The standard InChI is InChI=1S/C11H13N5OS/c12-16-10(14-8-4-2-1-3-5-8)13-6-9-7-18-11(17)15-9/h1-5,7H,6,12H2,(H,15,17)(H2,13,14,16). The Bertz CT molecular complexity index is 574. The highest BCUT2D eigenvalue weighted by atomic mass is 32.1. The zero-order valence-electron chi connectivity index (χ0n) is 9.51. The van der Waals surface area contributed by atoms with Gasteiger partial charge in [-0.1, -0.05) is 29.5 Å². The summed E-state index contributed by atoms with van der Waals surface area (Å²) in [4.78, 5) is 17.8. The zero-order chi connectivity index (χ0) is 12.8. The number of rotatable bonds is 3. The van der Waals surface area contributed by atoms with Crippen LogP contribution in [0.4, 0.5) is 5.69 Å². The van der Waals surface area contributed by atoms with Gasteiger partial charge in [0, 0.05) is 11.1 Å². The van der Waals surface area contributed by atoms with Crippen molar-refractivity contribution in [2.75, 3.05) is 5.32 Å². The predicted molar refractivity (Wildman–Crippen MR) is 73.5 cm³/mol. The number of benzene rings is 1. The molecule has 0 aliphatic heterocycles. The molecule has 0 bridgehead atoms. The minimum atomic E-state index is -0.0847. The minimum Gasteiger partial charge on any atom is -0.325 e. The molecule has 0 unspecified atom stereocenters. The van der Waals surface area contributed by atoms with Gasteiger partial charge in [0.2, 0.25) is 5.96 Å². The lowest BCUT2D eigenvalue weighted by molar-refractivity contribution is 0.945. The van der Waals surface area contributed by atoms with Crippen LogP contribution in [0.25, 0.3) is 0 Å². The van der Waals surface area contributed by atoms with E-state index in [2.05, 4.69) is 20.7 Å². The van der Waals surface area contributed by atoms with Crippen molar-refractivity contribution in [2.45, 2.75) is 6.54 Å². The summed E-state index contributed by atoms with van der Waals surface area (Å²) in [6, 6.07) is 9.55. The number of guanidine groups is 1. The Morgan fingerprint density at radius 2 is 2.17 bits per heavy atom. The van der Waals surface area contributed by atoms with Crippen LogP contribution in [0.1, 0.15) is 5.69 Å². The number of thiazole rings is 1. The van der Waals surface area contributed by atoms with Crippen LogP contribution in [0.15, 0.2) is 45.5 Å². The lowest BCUT2D eigenvalue weighted by atomic mass is 10.3. The van der Waals surface area contributed by atoms with Crippen molar-refractivity contribution in [1.82, 2.24) is 10.4 Å². The van der Waals surface area contributed by atoms with E-state index < -0.39 is 0 Å². The predicted octanol–water partition coefficient (Wildman–Crippen LogP) is 0.868. The van der Waals surface area contributed by atoms with Crippen molar-refractivity contribution >= 4 is 23.0 Å². The fourth-order valence-corrected chi connectivity index (χ4v) is 1.91. The number of anilines is 1. The Balaban J connectivity index is 2.02. The molecule has 2 rings (SSSR count). The number of nitrogens with zero attached hydrogens (tertiary/aromatic N) is 1. The fraction of sp³-hybridized carbons (Fsp3) is 0.0909. The summed E-state index contributed by atoms with van der Waals surface area (Å²) in [5, 5.41) is 4.77. The van der Waals surface area contributed by atoms with E-state index in [1.807, 2.05) is 30.3 Å². The first-order valence-electron chi connectivity index (χ1n) is 5.28. The summed E-state index contributed by atoms with van der Waals surface area (Å²) < 4.78 is 0. The molecule has 0 saturated heterocycles. The zero-order valence-corrected chi connectivity index (χ0v) is 10.3. The van der Waals surface area contributed by atoms with Gasteiger partial charge in [-0.3, -0.25) is 10.2 Å². The van der Waals surface area contributed by atoms with Crippen molar-refractivity contribution < 1.29 is 0 Å². The molecule has 0 spiro atoms. The molecule has 0 amide bonds. The molecular formula is C11H13N5OS. The number of nitrogens with one attached hydrogen (secondary N) is 3. The molecule has 1 aromatic carbocycles. The van der Waals surface area contributed by atoms with Crippen molar-refractivity contribution in [3.63, 3.8) is 0 Å². The van der Waals surface area contributed by atoms with Crippen molar-refractivity contribution in [3.8, 4) is 0 Å². The third-order valence-electron chi connectivity index (χ3n) is 2.15. The molecule has 1 aromatic heterocycles. The summed E-state index contributed by atoms with van der Waals surface area (Å²) in [6.45, 7) is 0.359. The number of H-pyrrole nitrogens is 1. The number of hydrazine groups is 1. The molecule has 2 aromatic rings. The molecule has 5 N–H and O–H groups in total. The average Bonchev–Trinajstić information content (AvgIpc) is 2.81. The smallest absolute Gasteiger partial charge is 0.304 e. The number of aliphatic imine (C=N–C) groups is 1. The molecule has 6 nitrogen and oxygen atoms in total. The first-order chi connectivity index (χ1) is 8.78. The van der Waals surface area contributed by atoms with E-state index in [1.165, 1.54) is 0 Å². The van der Waals surface area contributed by atoms with E-state index in [0.717, 1.165) is 22.7 Å². The Hall–Kier alpha value is -2.12. The molecule has 0 saturated carbocycles. The van der Waals surface area contributed by atoms with E-state index in [1.54, 1.807) is 5.38 Å². The van der Waals surface area contributed by atoms with Gasteiger partial charge in [-0.05, 0) is 12.1 Å². The molecular weight excluding hydrogens is 250 g/mol. The van der Waals surface area contributed by atoms with Gasteiger partial charge in [-0.2, -0.15) is 0 Å². The second-order valence-electron chi connectivity index (χ2n) is 3.47. The number of hydrogen-bond acceptors (Lipinski definition) is 4. The molecule has 0 aliphatic rings. The number of hydrogen-bond donors (Lipinski definition) is 4. The first kappa shape index (κ1) is 12.3. The maximum Gasteiger partial charge on any atom is 0.304 e. The van der Waals surface area contributed by atoms with Crippen LogP contribution in [0.3, 0.4) is 0 Å².